The summed E-state index contributed by atoms with van der Waals surface area (Å²) in [5.74, 6) is 1.68. The van der Waals surface area contributed by atoms with Crippen LogP contribution in [0.1, 0.15) is 25.1 Å². The number of benzene rings is 1. The highest BCUT2D eigenvalue weighted by molar-refractivity contribution is 9.10. The third-order valence-electron chi connectivity index (χ3n) is 2.82. The summed E-state index contributed by atoms with van der Waals surface area (Å²) in [5, 5.41) is 3.39. The standard InChI is InChI=1S/C16H19BrN2O/c1-11(2)18-9-13-10-19-12(3)8-16(13)20-15-6-4-14(17)5-7-15/h4-8,10-11,18H,9H2,1-3H3. The van der Waals surface area contributed by atoms with Crippen molar-refractivity contribution >= 4 is 15.9 Å². The lowest BCUT2D eigenvalue weighted by molar-refractivity contribution is 0.467. The number of hydrogen-bond donors (Lipinski definition) is 1. The van der Waals surface area contributed by atoms with Crippen LogP contribution >= 0.6 is 15.9 Å². The van der Waals surface area contributed by atoms with E-state index in [0.717, 1.165) is 33.8 Å². The first-order valence-electron chi connectivity index (χ1n) is 6.67. The van der Waals surface area contributed by atoms with E-state index in [9.17, 15) is 0 Å². The minimum atomic E-state index is 0.428. The Kier molecular flexibility index (Phi) is 5.15. The molecule has 0 radical (unpaired) electrons. The highest BCUT2D eigenvalue weighted by Gasteiger charge is 2.07. The number of pyridine rings is 1. The molecule has 0 saturated carbocycles. The molecule has 0 saturated heterocycles. The van der Waals surface area contributed by atoms with E-state index in [0.29, 0.717) is 6.04 Å². The second kappa shape index (κ2) is 6.86. The number of halogens is 1. The molecule has 1 aromatic carbocycles. The fourth-order valence-electron chi connectivity index (χ4n) is 1.73. The highest BCUT2D eigenvalue weighted by atomic mass is 79.9. The molecule has 0 bridgehead atoms. The van der Waals surface area contributed by atoms with Crippen molar-refractivity contribution in [3.63, 3.8) is 0 Å². The Balaban J connectivity index is 2.20. The van der Waals surface area contributed by atoms with Crippen LogP contribution in [0.5, 0.6) is 11.5 Å². The van der Waals surface area contributed by atoms with Gasteiger partial charge in [-0.05, 0) is 31.2 Å². The summed E-state index contributed by atoms with van der Waals surface area (Å²) in [4.78, 5) is 4.35. The van der Waals surface area contributed by atoms with Crippen molar-refractivity contribution in [3.05, 3.63) is 52.3 Å². The molecule has 106 valence electrons. The molecule has 0 unspecified atom stereocenters. The van der Waals surface area contributed by atoms with Crippen molar-refractivity contribution in [2.24, 2.45) is 0 Å². The van der Waals surface area contributed by atoms with Crippen molar-refractivity contribution < 1.29 is 4.74 Å². The molecular formula is C16H19BrN2O. The molecule has 0 spiro atoms. The lowest BCUT2D eigenvalue weighted by Gasteiger charge is -2.14. The lowest BCUT2D eigenvalue weighted by Crippen LogP contribution is -2.22. The van der Waals surface area contributed by atoms with Crippen LogP contribution in [-0.4, -0.2) is 11.0 Å². The first-order valence-corrected chi connectivity index (χ1v) is 7.46. The van der Waals surface area contributed by atoms with E-state index in [-0.39, 0.29) is 0 Å². The first-order chi connectivity index (χ1) is 9.54. The normalized spacial score (nSPS) is 10.8. The van der Waals surface area contributed by atoms with Gasteiger partial charge in [-0.25, -0.2) is 0 Å². The SMILES string of the molecule is Cc1cc(Oc2ccc(Br)cc2)c(CNC(C)C)cn1. The molecule has 0 amide bonds. The van der Waals surface area contributed by atoms with E-state index in [1.165, 1.54) is 0 Å². The number of aryl methyl sites for hydroxylation is 1. The van der Waals surface area contributed by atoms with Crippen LogP contribution in [0, 0.1) is 6.92 Å². The molecular weight excluding hydrogens is 316 g/mol. The fourth-order valence-corrected chi connectivity index (χ4v) is 2.00. The highest BCUT2D eigenvalue weighted by Crippen LogP contribution is 2.26. The van der Waals surface area contributed by atoms with Crippen molar-refractivity contribution in [1.82, 2.24) is 10.3 Å². The van der Waals surface area contributed by atoms with Gasteiger partial charge in [-0.3, -0.25) is 4.98 Å². The van der Waals surface area contributed by atoms with Gasteiger partial charge in [0.05, 0.1) is 0 Å². The molecule has 0 atom stereocenters. The number of hydrogen-bond acceptors (Lipinski definition) is 3. The molecule has 1 heterocycles. The molecule has 4 heteroatoms. The van der Waals surface area contributed by atoms with Gasteiger partial charge in [0, 0.05) is 40.6 Å². The Morgan fingerprint density at radius 1 is 1.25 bits per heavy atom. The van der Waals surface area contributed by atoms with Crippen LogP contribution in [0.2, 0.25) is 0 Å². The van der Waals surface area contributed by atoms with Crippen LogP contribution < -0.4 is 10.1 Å². The summed E-state index contributed by atoms with van der Waals surface area (Å²) >= 11 is 3.42. The Bertz CT molecular complexity index is 567. The summed E-state index contributed by atoms with van der Waals surface area (Å²) in [5.41, 5.74) is 2.01. The van der Waals surface area contributed by atoms with Crippen LogP contribution in [0.3, 0.4) is 0 Å². The Labute approximate surface area is 128 Å². The third-order valence-corrected chi connectivity index (χ3v) is 3.35. The molecule has 0 fully saturated rings. The molecule has 3 nitrogen and oxygen atoms in total. The Morgan fingerprint density at radius 3 is 2.60 bits per heavy atom. The van der Waals surface area contributed by atoms with E-state index < -0.39 is 0 Å². The molecule has 0 aliphatic rings. The maximum atomic E-state index is 5.98. The van der Waals surface area contributed by atoms with Gasteiger partial charge in [-0.1, -0.05) is 29.8 Å². The number of nitrogens with zero attached hydrogens (tertiary/aromatic N) is 1. The second-order valence-electron chi connectivity index (χ2n) is 5.02. The molecule has 0 aliphatic carbocycles. The van der Waals surface area contributed by atoms with Gasteiger partial charge in [-0.2, -0.15) is 0 Å². The molecule has 20 heavy (non-hydrogen) atoms. The lowest BCUT2D eigenvalue weighted by atomic mass is 10.2. The van der Waals surface area contributed by atoms with Crippen molar-refractivity contribution in [2.45, 2.75) is 33.4 Å². The van der Waals surface area contributed by atoms with Gasteiger partial charge in [-0.15, -0.1) is 0 Å². The summed E-state index contributed by atoms with van der Waals surface area (Å²) in [6.45, 7) is 6.96. The van der Waals surface area contributed by atoms with E-state index in [2.05, 4.69) is 40.1 Å². The van der Waals surface area contributed by atoms with Gasteiger partial charge >= 0.3 is 0 Å². The smallest absolute Gasteiger partial charge is 0.135 e. The Morgan fingerprint density at radius 2 is 1.95 bits per heavy atom. The maximum Gasteiger partial charge on any atom is 0.135 e. The van der Waals surface area contributed by atoms with Gasteiger partial charge in [0.25, 0.3) is 0 Å². The number of nitrogens with one attached hydrogen (secondary N) is 1. The van der Waals surface area contributed by atoms with Gasteiger partial charge < -0.3 is 10.1 Å². The van der Waals surface area contributed by atoms with E-state index in [1.54, 1.807) is 0 Å². The van der Waals surface area contributed by atoms with Crippen molar-refractivity contribution in [3.8, 4) is 11.5 Å². The Hall–Kier alpha value is -1.39. The van der Waals surface area contributed by atoms with Gasteiger partial charge in [0.2, 0.25) is 0 Å². The topological polar surface area (TPSA) is 34.1 Å². The largest absolute Gasteiger partial charge is 0.457 e. The molecule has 1 N–H and O–H groups in total. The summed E-state index contributed by atoms with van der Waals surface area (Å²) in [6, 6.07) is 10.2. The average molecular weight is 335 g/mol. The maximum absolute atomic E-state index is 5.98. The number of aromatic nitrogens is 1. The van der Waals surface area contributed by atoms with Crippen LogP contribution in [0.25, 0.3) is 0 Å². The molecule has 1 aromatic heterocycles. The zero-order valence-corrected chi connectivity index (χ0v) is 13.6. The van der Waals surface area contributed by atoms with E-state index >= 15 is 0 Å². The zero-order valence-electron chi connectivity index (χ0n) is 12.0. The molecule has 2 rings (SSSR count). The van der Waals surface area contributed by atoms with Crippen LogP contribution in [-0.2, 0) is 6.54 Å². The van der Waals surface area contributed by atoms with Crippen molar-refractivity contribution in [2.75, 3.05) is 0 Å². The average Bonchev–Trinajstić information content (AvgIpc) is 2.40. The predicted molar refractivity (Wildman–Crippen MR) is 85.2 cm³/mol. The van der Waals surface area contributed by atoms with Crippen LogP contribution in [0.4, 0.5) is 0 Å². The minimum Gasteiger partial charge on any atom is -0.457 e. The van der Waals surface area contributed by atoms with Gasteiger partial charge in [0.1, 0.15) is 11.5 Å². The second-order valence-corrected chi connectivity index (χ2v) is 5.94. The minimum absolute atomic E-state index is 0.428. The molecule has 0 aliphatic heterocycles. The number of ether oxygens (including phenoxy) is 1. The number of rotatable bonds is 5. The zero-order chi connectivity index (χ0) is 14.5. The fraction of sp³-hybridized carbons (Fsp3) is 0.312. The first kappa shape index (κ1) is 15.0. The predicted octanol–water partition coefficient (Wildman–Crippen LogP) is 4.44. The summed E-state index contributed by atoms with van der Waals surface area (Å²) in [7, 11) is 0. The van der Waals surface area contributed by atoms with Crippen molar-refractivity contribution in [1.29, 1.82) is 0 Å². The third kappa shape index (κ3) is 4.32. The summed E-state index contributed by atoms with van der Waals surface area (Å²) < 4.78 is 7.02. The molecule has 2 aromatic rings. The van der Waals surface area contributed by atoms with E-state index in [1.807, 2.05) is 43.5 Å². The monoisotopic (exact) mass is 334 g/mol. The quantitative estimate of drug-likeness (QED) is 0.877. The summed E-state index contributed by atoms with van der Waals surface area (Å²) in [6.07, 6.45) is 1.87. The van der Waals surface area contributed by atoms with E-state index in [4.69, 9.17) is 4.74 Å². The van der Waals surface area contributed by atoms with Crippen LogP contribution in [0.15, 0.2) is 41.0 Å². The van der Waals surface area contributed by atoms with Gasteiger partial charge in [0.15, 0.2) is 0 Å².